The second-order valence-corrected chi connectivity index (χ2v) is 10.7. The standard InChI is InChI=1S/C31H44FNO4/c1-7-8-9-29(34)37-31(16-14-24-21-25(32)11-12-26(24)30(31)22(2)3)17-19-33(4)18-15-23-10-13-27(35-5)28(20-23)36-6/h10-13,20-22,30H,7-9,14-19H2,1-6H3/t30-,31-/m1/s1. The predicted molar refractivity (Wildman–Crippen MR) is 146 cm³/mol. The number of ether oxygens (including phenoxy) is 3. The smallest absolute Gasteiger partial charge is 0.306 e. The van der Waals surface area contributed by atoms with E-state index < -0.39 is 5.60 Å². The number of aryl methyl sites for hydroxylation is 1. The Bertz CT molecular complexity index is 1040. The highest BCUT2D eigenvalue weighted by Gasteiger charge is 2.47. The maximum atomic E-state index is 14.0. The molecule has 0 fully saturated rings. The van der Waals surface area contributed by atoms with Crippen molar-refractivity contribution in [3.63, 3.8) is 0 Å². The molecule has 37 heavy (non-hydrogen) atoms. The Morgan fingerprint density at radius 3 is 2.54 bits per heavy atom. The van der Waals surface area contributed by atoms with Crippen molar-refractivity contribution < 1.29 is 23.4 Å². The van der Waals surface area contributed by atoms with E-state index in [1.165, 1.54) is 5.56 Å². The van der Waals surface area contributed by atoms with Gasteiger partial charge >= 0.3 is 5.97 Å². The molecule has 0 bridgehead atoms. The molecule has 1 aliphatic carbocycles. The van der Waals surface area contributed by atoms with Crippen LogP contribution in [0, 0.1) is 11.7 Å². The van der Waals surface area contributed by atoms with Gasteiger partial charge in [0.1, 0.15) is 11.4 Å². The van der Waals surface area contributed by atoms with E-state index in [1.807, 2.05) is 18.2 Å². The first-order valence-electron chi connectivity index (χ1n) is 13.6. The molecule has 6 heteroatoms. The third kappa shape index (κ3) is 7.25. The molecule has 5 nitrogen and oxygen atoms in total. The highest BCUT2D eigenvalue weighted by Crippen LogP contribution is 2.48. The summed E-state index contributed by atoms with van der Waals surface area (Å²) in [5.41, 5.74) is 2.75. The van der Waals surface area contributed by atoms with E-state index in [1.54, 1.807) is 26.4 Å². The first kappa shape index (κ1) is 29.0. The number of hydrogen-bond donors (Lipinski definition) is 0. The fraction of sp³-hybridized carbons (Fsp3) is 0.581. The molecule has 0 amide bonds. The van der Waals surface area contributed by atoms with Crippen LogP contribution in [0.2, 0.25) is 0 Å². The molecule has 0 aromatic heterocycles. The van der Waals surface area contributed by atoms with Gasteiger partial charge in [-0.25, -0.2) is 4.39 Å². The van der Waals surface area contributed by atoms with Crippen LogP contribution in [0.15, 0.2) is 36.4 Å². The molecule has 204 valence electrons. The zero-order valence-electron chi connectivity index (χ0n) is 23.4. The van der Waals surface area contributed by atoms with E-state index in [0.717, 1.165) is 61.4 Å². The van der Waals surface area contributed by atoms with Gasteiger partial charge in [-0.15, -0.1) is 0 Å². The number of likely N-dealkylation sites (N-methyl/N-ethyl adjacent to an activating group) is 1. The van der Waals surface area contributed by atoms with Gasteiger partial charge in [-0.1, -0.05) is 39.3 Å². The number of rotatable bonds is 13. The maximum Gasteiger partial charge on any atom is 0.306 e. The van der Waals surface area contributed by atoms with Crippen LogP contribution in [0.25, 0.3) is 0 Å². The average molecular weight is 514 g/mol. The topological polar surface area (TPSA) is 48.0 Å². The van der Waals surface area contributed by atoms with Gasteiger partial charge < -0.3 is 19.1 Å². The summed E-state index contributed by atoms with van der Waals surface area (Å²) in [7, 11) is 5.40. The molecule has 3 rings (SSSR count). The maximum absolute atomic E-state index is 14.0. The number of carbonyl (C=O) groups is 1. The minimum Gasteiger partial charge on any atom is -0.493 e. The minimum absolute atomic E-state index is 0.0293. The fourth-order valence-corrected chi connectivity index (χ4v) is 5.74. The molecule has 0 saturated carbocycles. The normalized spacial score (nSPS) is 19.1. The lowest BCUT2D eigenvalue weighted by Gasteiger charge is -2.47. The number of fused-ring (bicyclic) bond motifs is 1. The summed E-state index contributed by atoms with van der Waals surface area (Å²) < 4.78 is 31.2. The summed E-state index contributed by atoms with van der Waals surface area (Å²) in [4.78, 5) is 15.3. The van der Waals surface area contributed by atoms with Crippen LogP contribution in [0.5, 0.6) is 11.5 Å². The SMILES string of the molecule is CCCCC(=O)O[C@@]1(CCN(C)CCc2ccc(OC)c(OC)c2)CCc2cc(F)ccc2[C@H]1C(C)C. The van der Waals surface area contributed by atoms with Crippen molar-refractivity contribution in [1.29, 1.82) is 0 Å². The number of methoxy groups -OCH3 is 2. The Labute approximate surface area is 222 Å². The highest BCUT2D eigenvalue weighted by atomic mass is 19.1. The first-order valence-corrected chi connectivity index (χ1v) is 13.6. The largest absolute Gasteiger partial charge is 0.493 e. The number of esters is 1. The van der Waals surface area contributed by atoms with Gasteiger partial charge in [0.15, 0.2) is 11.5 Å². The lowest BCUT2D eigenvalue weighted by Crippen LogP contribution is -2.48. The molecule has 1 aliphatic rings. The van der Waals surface area contributed by atoms with Crippen LogP contribution in [0.4, 0.5) is 4.39 Å². The predicted octanol–water partition coefficient (Wildman–Crippen LogP) is 6.57. The molecule has 2 aromatic rings. The first-order chi connectivity index (χ1) is 17.7. The Morgan fingerprint density at radius 1 is 1.11 bits per heavy atom. The van der Waals surface area contributed by atoms with E-state index in [0.29, 0.717) is 19.3 Å². The molecule has 0 aliphatic heterocycles. The molecule has 2 atom stereocenters. The fourth-order valence-electron chi connectivity index (χ4n) is 5.74. The van der Waals surface area contributed by atoms with Crippen molar-refractivity contribution in [2.75, 3.05) is 34.4 Å². The number of unbranched alkanes of at least 4 members (excludes halogenated alkanes) is 1. The second-order valence-electron chi connectivity index (χ2n) is 10.7. The molecule has 2 aromatic carbocycles. The summed E-state index contributed by atoms with van der Waals surface area (Å²) in [5.74, 6) is 1.41. The van der Waals surface area contributed by atoms with E-state index in [9.17, 15) is 9.18 Å². The van der Waals surface area contributed by atoms with Crippen LogP contribution in [0.1, 0.15) is 75.5 Å². The Hall–Kier alpha value is -2.60. The number of nitrogens with zero attached hydrogens (tertiary/aromatic N) is 1. The summed E-state index contributed by atoms with van der Waals surface area (Å²) in [6.07, 6.45) is 5.27. The van der Waals surface area contributed by atoms with E-state index >= 15 is 0 Å². The zero-order chi connectivity index (χ0) is 27.0. The van der Waals surface area contributed by atoms with E-state index in [2.05, 4.69) is 38.8 Å². The van der Waals surface area contributed by atoms with Gasteiger partial charge in [-0.3, -0.25) is 4.79 Å². The number of halogens is 1. The molecule has 0 heterocycles. The number of carbonyl (C=O) groups excluding carboxylic acids is 1. The van der Waals surface area contributed by atoms with E-state index in [4.69, 9.17) is 14.2 Å². The summed E-state index contributed by atoms with van der Waals surface area (Å²) in [6.45, 7) is 8.10. The molecular formula is C31H44FNO4. The third-order valence-electron chi connectivity index (χ3n) is 7.69. The van der Waals surface area contributed by atoms with Gasteiger partial charge in [0.05, 0.1) is 14.2 Å². The summed E-state index contributed by atoms with van der Waals surface area (Å²) >= 11 is 0. The molecular weight excluding hydrogens is 469 g/mol. The molecule has 0 radical (unpaired) electrons. The van der Waals surface area contributed by atoms with Gasteiger partial charge in [0.2, 0.25) is 0 Å². The van der Waals surface area contributed by atoms with Crippen molar-refractivity contribution in [2.45, 2.75) is 77.2 Å². The molecule has 0 unspecified atom stereocenters. The van der Waals surface area contributed by atoms with Crippen molar-refractivity contribution in [3.8, 4) is 11.5 Å². The minimum atomic E-state index is -0.596. The lowest BCUT2D eigenvalue weighted by molar-refractivity contribution is -0.167. The van der Waals surface area contributed by atoms with Crippen molar-refractivity contribution in [3.05, 3.63) is 58.9 Å². The second kappa shape index (κ2) is 13.3. The Balaban J connectivity index is 1.77. The van der Waals surface area contributed by atoms with Crippen LogP contribution in [0.3, 0.4) is 0 Å². The zero-order valence-corrected chi connectivity index (χ0v) is 23.4. The van der Waals surface area contributed by atoms with Gasteiger partial charge in [0, 0.05) is 31.8 Å². The quantitative estimate of drug-likeness (QED) is 0.284. The van der Waals surface area contributed by atoms with Crippen molar-refractivity contribution in [2.24, 2.45) is 5.92 Å². The van der Waals surface area contributed by atoms with E-state index in [-0.39, 0.29) is 23.6 Å². The van der Waals surface area contributed by atoms with Gasteiger partial charge in [-0.05, 0) is 79.6 Å². The Kier molecular flexibility index (Phi) is 10.4. The van der Waals surface area contributed by atoms with Crippen molar-refractivity contribution in [1.82, 2.24) is 4.90 Å². The van der Waals surface area contributed by atoms with Gasteiger partial charge in [0.25, 0.3) is 0 Å². The third-order valence-corrected chi connectivity index (χ3v) is 7.69. The van der Waals surface area contributed by atoms with Crippen LogP contribution >= 0.6 is 0 Å². The number of benzene rings is 2. The highest BCUT2D eigenvalue weighted by molar-refractivity contribution is 5.70. The summed E-state index contributed by atoms with van der Waals surface area (Å²) in [6, 6.07) is 11.1. The van der Waals surface area contributed by atoms with Crippen LogP contribution in [-0.2, 0) is 22.4 Å². The monoisotopic (exact) mass is 513 g/mol. The Morgan fingerprint density at radius 2 is 1.86 bits per heavy atom. The van der Waals surface area contributed by atoms with Gasteiger partial charge in [-0.2, -0.15) is 0 Å². The molecule has 0 N–H and O–H groups in total. The molecule has 0 spiro atoms. The average Bonchev–Trinajstić information content (AvgIpc) is 2.89. The summed E-state index contributed by atoms with van der Waals surface area (Å²) in [5, 5.41) is 0. The van der Waals surface area contributed by atoms with Crippen LogP contribution < -0.4 is 9.47 Å². The lowest BCUT2D eigenvalue weighted by atomic mass is 9.65. The number of hydrogen-bond acceptors (Lipinski definition) is 5. The van der Waals surface area contributed by atoms with Crippen molar-refractivity contribution >= 4 is 5.97 Å². The van der Waals surface area contributed by atoms with Crippen LogP contribution in [-0.4, -0.2) is 50.8 Å². The molecule has 0 saturated heterocycles.